The molecule has 0 radical (unpaired) electrons. The minimum atomic E-state index is -4.81. The average Bonchev–Trinajstić information content (AvgIpc) is 3.22. The van der Waals surface area contributed by atoms with Gasteiger partial charge < -0.3 is 24.2 Å². The summed E-state index contributed by atoms with van der Waals surface area (Å²) in [6, 6.07) is 10.9. The summed E-state index contributed by atoms with van der Waals surface area (Å²) in [5, 5.41) is 17.5. The van der Waals surface area contributed by atoms with Crippen LogP contribution in [0, 0.1) is 0 Å². The molecule has 13 heteroatoms. The van der Waals surface area contributed by atoms with Gasteiger partial charge in [0.25, 0.3) is 0 Å². The number of nitrogens with zero attached hydrogens (tertiary/aromatic N) is 4. The van der Waals surface area contributed by atoms with Gasteiger partial charge in [0.2, 0.25) is 11.6 Å². The third-order valence-corrected chi connectivity index (χ3v) is 5.92. The summed E-state index contributed by atoms with van der Waals surface area (Å²) in [6.45, 7) is 1.07. The summed E-state index contributed by atoms with van der Waals surface area (Å²) in [5.41, 5.74) is 0.952. The Kier molecular flexibility index (Phi) is 7.43. The lowest BCUT2D eigenvalue weighted by molar-refractivity contribution is -0.274. The van der Waals surface area contributed by atoms with Crippen molar-refractivity contribution in [3.05, 3.63) is 58.7 Å². The second-order valence-corrected chi connectivity index (χ2v) is 8.43. The fourth-order valence-corrected chi connectivity index (χ4v) is 4.10. The fourth-order valence-electron chi connectivity index (χ4n) is 3.87. The molecular formula is C23H22ClF3N4O5. The average molecular weight is 527 g/mol. The van der Waals surface area contributed by atoms with Crippen molar-refractivity contribution in [3.63, 3.8) is 0 Å². The van der Waals surface area contributed by atoms with Crippen molar-refractivity contribution >= 4 is 23.3 Å². The largest absolute Gasteiger partial charge is 0.573 e. The van der Waals surface area contributed by atoms with E-state index < -0.39 is 12.3 Å². The van der Waals surface area contributed by atoms with Crippen molar-refractivity contribution in [2.24, 2.45) is 0 Å². The van der Waals surface area contributed by atoms with Gasteiger partial charge in [-0.25, -0.2) is 9.48 Å². The van der Waals surface area contributed by atoms with Gasteiger partial charge in [0.1, 0.15) is 17.6 Å². The van der Waals surface area contributed by atoms with E-state index in [-0.39, 0.29) is 30.0 Å². The maximum atomic E-state index is 12.6. The first-order chi connectivity index (χ1) is 17.1. The number of carboxylic acids is 1. The monoisotopic (exact) mass is 526 g/mol. The predicted molar refractivity (Wildman–Crippen MR) is 123 cm³/mol. The molecule has 3 aromatic rings. The lowest BCUT2D eigenvalue weighted by atomic mass is 10.1. The van der Waals surface area contributed by atoms with Crippen molar-refractivity contribution in [2.45, 2.75) is 31.9 Å². The quantitative estimate of drug-likeness (QED) is 0.453. The van der Waals surface area contributed by atoms with E-state index in [0.29, 0.717) is 42.4 Å². The van der Waals surface area contributed by atoms with Gasteiger partial charge in [-0.05, 0) is 29.8 Å². The Labute approximate surface area is 208 Å². The van der Waals surface area contributed by atoms with Crippen LogP contribution in [0.4, 0.5) is 18.9 Å². The number of methoxy groups -OCH3 is 1. The van der Waals surface area contributed by atoms with Crippen LogP contribution in [0.2, 0.25) is 5.02 Å². The van der Waals surface area contributed by atoms with Gasteiger partial charge in [-0.3, -0.25) is 0 Å². The highest BCUT2D eigenvalue weighted by Crippen LogP contribution is 2.34. The van der Waals surface area contributed by atoms with Crippen LogP contribution in [0.5, 0.6) is 17.4 Å². The van der Waals surface area contributed by atoms with Gasteiger partial charge >= 0.3 is 12.3 Å². The Morgan fingerprint density at radius 2 is 1.81 bits per heavy atom. The molecule has 0 unspecified atom stereocenters. The Balaban J connectivity index is 1.45. The Hall–Kier alpha value is -3.67. The number of ether oxygens (including phenoxy) is 3. The summed E-state index contributed by atoms with van der Waals surface area (Å²) in [6.07, 6.45) is -4.24. The molecule has 1 fully saturated rings. The van der Waals surface area contributed by atoms with Gasteiger partial charge in [-0.15, -0.1) is 18.3 Å². The number of halogens is 4. The molecule has 192 valence electrons. The molecular weight excluding hydrogens is 505 g/mol. The van der Waals surface area contributed by atoms with E-state index in [4.69, 9.17) is 21.1 Å². The standard InChI is InChI=1S/C23H22ClF3N4O5/c1-34-15-4-2-14(3-5-15)13-31-21(20(22(32)33)28-29-31)35-16-8-10-30(11-9-16)19-12-17(6-7-18(19)24)36-23(25,26)27/h2-7,12,16H,8-11,13H2,1H3,(H,32,33). The topological polar surface area (TPSA) is 98.9 Å². The Bertz CT molecular complexity index is 1210. The van der Waals surface area contributed by atoms with Crippen LogP contribution < -0.4 is 19.1 Å². The predicted octanol–water partition coefficient (Wildman–Crippen LogP) is 4.63. The number of piperidine rings is 1. The normalized spacial score (nSPS) is 14.5. The summed E-state index contributed by atoms with van der Waals surface area (Å²) < 4.78 is 54.4. The number of aromatic nitrogens is 3. The first kappa shape index (κ1) is 25.4. The third kappa shape index (κ3) is 6.11. The molecule has 36 heavy (non-hydrogen) atoms. The van der Waals surface area contributed by atoms with Crippen LogP contribution in [-0.4, -0.2) is 58.7 Å². The number of carboxylic acid groups (broad SMARTS) is 1. The molecule has 0 aliphatic carbocycles. The maximum Gasteiger partial charge on any atom is 0.573 e. The van der Waals surface area contributed by atoms with Crippen molar-refractivity contribution in [1.82, 2.24) is 15.0 Å². The number of aromatic carboxylic acids is 1. The van der Waals surface area contributed by atoms with Crippen molar-refractivity contribution in [2.75, 3.05) is 25.1 Å². The number of hydrogen-bond acceptors (Lipinski definition) is 7. The van der Waals surface area contributed by atoms with E-state index in [2.05, 4.69) is 15.0 Å². The smallest absolute Gasteiger partial charge is 0.497 e. The van der Waals surface area contributed by atoms with E-state index in [0.717, 1.165) is 11.6 Å². The summed E-state index contributed by atoms with van der Waals surface area (Å²) in [7, 11) is 1.56. The molecule has 0 saturated carbocycles. The maximum absolute atomic E-state index is 12.6. The fraction of sp³-hybridized carbons (Fsp3) is 0.348. The number of rotatable bonds is 8. The van der Waals surface area contributed by atoms with Crippen LogP contribution in [-0.2, 0) is 6.54 Å². The van der Waals surface area contributed by atoms with Crippen LogP contribution in [0.3, 0.4) is 0 Å². The van der Waals surface area contributed by atoms with Crippen LogP contribution >= 0.6 is 11.6 Å². The minimum absolute atomic E-state index is 0.0374. The lowest BCUT2D eigenvalue weighted by Crippen LogP contribution is -2.39. The molecule has 4 rings (SSSR count). The van der Waals surface area contributed by atoms with E-state index >= 15 is 0 Å². The van der Waals surface area contributed by atoms with Crippen molar-refractivity contribution < 1.29 is 37.3 Å². The summed E-state index contributed by atoms with van der Waals surface area (Å²) in [5.74, 6) is -0.908. The molecule has 0 amide bonds. The Morgan fingerprint density at radius 1 is 1.14 bits per heavy atom. The number of anilines is 1. The number of hydrogen-bond donors (Lipinski definition) is 1. The van der Waals surface area contributed by atoms with Crippen LogP contribution in [0.25, 0.3) is 0 Å². The van der Waals surface area contributed by atoms with E-state index in [1.807, 2.05) is 17.0 Å². The highest BCUT2D eigenvalue weighted by atomic mass is 35.5. The number of carbonyl (C=O) groups is 1. The van der Waals surface area contributed by atoms with Crippen LogP contribution in [0.15, 0.2) is 42.5 Å². The lowest BCUT2D eigenvalue weighted by Gasteiger charge is -2.34. The van der Waals surface area contributed by atoms with Gasteiger partial charge in [0.05, 0.1) is 24.4 Å². The molecule has 2 aromatic carbocycles. The zero-order valence-electron chi connectivity index (χ0n) is 19.0. The van der Waals surface area contributed by atoms with Gasteiger partial charge in [-0.1, -0.05) is 28.9 Å². The van der Waals surface area contributed by atoms with E-state index in [1.165, 1.54) is 16.8 Å². The number of alkyl halides is 3. The third-order valence-electron chi connectivity index (χ3n) is 5.60. The summed E-state index contributed by atoms with van der Waals surface area (Å²) >= 11 is 6.22. The molecule has 1 aliphatic rings. The zero-order valence-corrected chi connectivity index (χ0v) is 19.8. The molecule has 0 bridgehead atoms. The van der Waals surface area contributed by atoms with Gasteiger partial charge in [-0.2, -0.15) is 0 Å². The second kappa shape index (κ2) is 10.5. The van der Waals surface area contributed by atoms with Crippen LogP contribution in [0.1, 0.15) is 28.9 Å². The zero-order chi connectivity index (χ0) is 25.9. The van der Waals surface area contributed by atoms with Gasteiger partial charge in [0, 0.05) is 32.0 Å². The molecule has 0 atom stereocenters. The molecule has 0 spiro atoms. The molecule has 1 saturated heterocycles. The van der Waals surface area contributed by atoms with Crippen molar-refractivity contribution in [1.29, 1.82) is 0 Å². The van der Waals surface area contributed by atoms with E-state index in [1.54, 1.807) is 19.2 Å². The van der Waals surface area contributed by atoms with E-state index in [9.17, 15) is 23.1 Å². The molecule has 2 heterocycles. The highest BCUT2D eigenvalue weighted by molar-refractivity contribution is 6.33. The number of benzene rings is 2. The molecule has 1 aliphatic heterocycles. The Morgan fingerprint density at radius 3 is 2.42 bits per heavy atom. The molecule has 1 N–H and O–H groups in total. The van der Waals surface area contributed by atoms with Crippen molar-refractivity contribution in [3.8, 4) is 17.4 Å². The second-order valence-electron chi connectivity index (χ2n) is 8.02. The molecule has 9 nitrogen and oxygen atoms in total. The SMILES string of the molecule is COc1ccc(Cn2nnc(C(=O)O)c2OC2CCN(c3cc(OC(F)(F)F)ccc3Cl)CC2)cc1. The first-order valence-electron chi connectivity index (χ1n) is 10.9. The highest BCUT2D eigenvalue weighted by Gasteiger charge is 2.32. The minimum Gasteiger partial charge on any atom is -0.497 e. The summed E-state index contributed by atoms with van der Waals surface area (Å²) in [4.78, 5) is 13.5. The first-order valence-corrected chi connectivity index (χ1v) is 11.3. The molecule has 1 aromatic heterocycles. The van der Waals surface area contributed by atoms with Gasteiger partial charge in [0.15, 0.2) is 0 Å².